The molecular formula is C11H17ClN2O. The van der Waals surface area contributed by atoms with Gasteiger partial charge in [-0.15, -0.1) is 11.6 Å². The number of aromatic nitrogens is 2. The molecule has 1 aromatic rings. The SMILES string of the molecule is CC1(C)CCC(Cn2ccnc2CCl)O1. The summed E-state index contributed by atoms with van der Waals surface area (Å²) in [6.07, 6.45) is 6.30. The summed E-state index contributed by atoms with van der Waals surface area (Å²) in [6.45, 7) is 5.15. The molecule has 1 unspecified atom stereocenters. The lowest BCUT2D eigenvalue weighted by Gasteiger charge is -2.19. The molecule has 1 aliphatic rings. The van der Waals surface area contributed by atoms with Crippen LogP contribution in [0.4, 0.5) is 0 Å². The zero-order valence-corrected chi connectivity index (χ0v) is 10.00. The number of nitrogens with zero attached hydrogens (tertiary/aromatic N) is 2. The van der Waals surface area contributed by atoms with Crippen molar-refractivity contribution in [1.82, 2.24) is 9.55 Å². The number of alkyl halides is 1. The molecule has 1 aliphatic heterocycles. The van der Waals surface area contributed by atoms with E-state index in [1.54, 1.807) is 6.20 Å². The molecule has 0 bridgehead atoms. The van der Waals surface area contributed by atoms with Gasteiger partial charge in [0.15, 0.2) is 0 Å². The number of ether oxygens (including phenoxy) is 1. The second-order valence-electron chi connectivity index (χ2n) is 4.67. The summed E-state index contributed by atoms with van der Waals surface area (Å²) >= 11 is 5.79. The van der Waals surface area contributed by atoms with E-state index in [0.29, 0.717) is 12.0 Å². The highest BCUT2D eigenvalue weighted by Crippen LogP contribution is 2.30. The first-order valence-electron chi connectivity index (χ1n) is 5.34. The van der Waals surface area contributed by atoms with Crippen molar-refractivity contribution in [2.24, 2.45) is 0 Å². The minimum atomic E-state index is 0.0341. The first-order valence-corrected chi connectivity index (χ1v) is 5.88. The van der Waals surface area contributed by atoms with Crippen LogP contribution in [0.2, 0.25) is 0 Å². The Hall–Kier alpha value is -0.540. The molecule has 1 saturated heterocycles. The fraction of sp³-hybridized carbons (Fsp3) is 0.727. The molecule has 0 aliphatic carbocycles. The van der Waals surface area contributed by atoms with Crippen molar-refractivity contribution in [3.8, 4) is 0 Å². The van der Waals surface area contributed by atoms with Crippen LogP contribution in [-0.4, -0.2) is 21.3 Å². The third-order valence-electron chi connectivity index (χ3n) is 2.88. The average molecular weight is 229 g/mol. The van der Waals surface area contributed by atoms with Crippen LogP contribution in [0.5, 0.6) is 0 Å². The largest absolute Gasteiger partial charge is 0.370 e. The van der Waals surface area contributed by atoms with E-state index in [2.05, 4.69) is 23.4 Å². The Balaban J connectivity index is 1.98. The molecule has 0 spiro atoms. The maximum absolute atomic E-state index is 5.93. The van der Waals surface area contributed by atoms with Gasteiger partial charge in [0.1, 0.15) is 5.82 Å². The zero-order chi connectivity index (χ0) is 10.9. The molecule has 84 valence electrons. The van der Waals surface area contributed by atoms with Crippen molar-refractivity contribution in [3.63, 3.8) is 0 Å². The van der Waals surface area contributed by atoms with Gasteiger partial charge in [0, 0.05) is 12.4 Å². The summed E-state index contributed by atoms with van der Waals surface area (Å²) in [4.78, 5) is 4.19. The quantitative estimate of drug-likeness (QED) is 0.744. The maximum atomic E-state index is 5.93. The molecule has 3 nitrogen and oxygen atoms in total. The van der Waals surface area contributed by atoms with Gasteiger partial charge in [-0.1, -0.05) is 0 Å². The highest BCUT2D eigenvalue weighted by molar-refractivity contribution is 6.16. The van der Waals surface area contributed by atoms with E-state index in [4.69, 9.17) is 16.3 Å². The van der Waals surface area contributed by atoms with Gasteiger partial charge in [0.05, 0.1) is 24.1 Å². The Morgan fingerprint density at radius 2 is 2.47 bits per heavy atom. The minimum absolute atomic E-state index is 0.0341. The second-order valence-corrected chi connectivity index (χ2v) is 4.93. The monoisotopic (exact) mass is 228 g/mol. The van der Waals surface area contributed by atoms with E-state index >= 15 is 0 Å². The smallest absolute Gasteiger partial charge is 0.123 e. The number of hydrogen-bond acceptors (Lipinski definition) is 2. The van der Waals surface area contributed by atoms with E-state index in [1.165, 1.54) is 0 Å². The molecule has 4 heteroatoms. The summed E-state index contributed by atoms with van der Waals surface area (Å²) < 4.78 is 8.01. The van der Waals surface area contributed by atoms with Crippen molar-refractivity contribution in [2.45, 2.75) is 50.8 Å². The Morgan fingerprint density at radius 3 is 3.07 bits per heavy atom. The Bertz CT molecular complexity index is 335. The van der Waals surface area contributed by atoms with E-state index in [0.717, 1.165) is 25.2 Å². The van der Waals surface area contributed by atoms with Crippen LogP contribution in [0.3, 0.4) is 0 Å². The van der Waals surface area contributed by atoms with Crippen LogP contribution in [0.1, 0.15) is 32.5 Å². The third kappa shape index (κ3) is 2.52. The molecule has 1 atom stereocenters. The third-order valence-corrected chi connectivity index (χ3v) is 3.11. The molecule has 0 aromatic carbocycles. The number of rotatable bonds is 3. The molecule has 2 heterocycles. The normalized spacial score (nSPS) is 24.6. The van der Waals surface area contributed by atoms with Crippen LogP contribution in [0, 0.1) is 0 Å². The second kappa shape index (κ2) is 4.14. The predicted molar refractivity (Wildman–Crippen MR) is 60.0 cm³/mol. The summed E-state index contributed by atoms with van der Waals surface area (Å²) in [5.74, 6) is 1.38. The highest BCUT2D eigenvalue weighted by atomic mass is 35.5. The average Bonchev–Trinajstić information content (AvgIpc) is 2.73. The summed E-state index contributed by atoms with van der Waals surface area (Å²) in [6, 6.07) is 0. The van der Waals surface area contributed by atoms with Crippen molar-refractivity contribution in [3.05, 3.63) is 18.2 Å². The molecule has 1 fully saturated rings. The topological polar surface area (TPSA) is 27.1 Å². The van der Waals surface area contributed by atoms with Crippen LogP contribution >= 0.6 is 11.6 Å². The molecule has 0 saturated carbocycles. The van der Waals surface area contributed by atoms with Crippen LogP contribution in [-0.2, 0) is 17.2 Å². The van der Waals surface area contributed by atoms with E-state index < -0.39 is 0 Å². The summed E-state index contributed by atoms with van der Waals surface area (Å²) in [7, 11) is 0. The Morgan fingerprint density at radius 1 is 1.67 bits per heavy atom. The predicted octanol–water partition coefficient (Wildman–Crippen LogP) is 2.58. The standard InChI is InChI=1S/C11H17ClN2O/c1-11(2)4-3-9(15-11)8-14-6-5-13-10(14)7-12/h5-6,9H,3-4,7-8H2,1-2H3. The number of halogens is 1. The lowest BCUT2D eigenvalue weighted by molar-refractivity contribution is -0.0219. The molecule has 0 N–H and O–H groups in total. The first kappa shape index (κ1) is 11.0. The molecule has 1 aromatic heterocycles. The minimum Gasteiger partial charge on any atom is -0.370 e. The molecule has 15 heavy (non-hydrogen) atoms. The fourth-order valence-electron chi connectivity index (χ4n) is 2.06. The molecule has 2 rings (SSSR count). The van der Waals surface area contributed by atoms with Crippen molar-refractivity contribution in [2.75, 3.05) is 0 Å². The van der Waals surface area contributed by atoms with Gasteiger partial charge < -0.3 is 9.30 Å². The van der Waals surface area contributed by atoms with E-state index in [9.17, 15) is 0 Å². The summed E-state index contributed by atoms with van der Waals surface area (Å²) in [5, 5.41) is 0. The Labute approximate surface area is 95.4 Å². The van der Waals surface area contributed by atoms with Crippen LogP contribution in [0.15, 0.2) is 12.4 Å². The Kier molecular flexibility index (Phi) is 3.03. The van der Waals surface area contributed by atoms with E-state index in [1.807, 2.05) is 6.20 Å². The summed E-state index contributed by atoms with van der Waals surface area (Å²) in [5.41, 5.74) is 0.0341. The van der Waals surface area contributed by atoms with Gasteiger partial charge >= 0.3 is 0 Å². The van der Waals surface area contributed by atoms with Gasteiger partial charge in [-0.2, -0.15) is 0 Å². The van der Waals surface area contributed by atoms with Gasteiger partial charge in [-0.3, -0.25) is 0 Å². The van der Waals surface area contributed by atoms with Gasteiger partial charge in [-0.25, -0.2) is 4.98 Å². The van der Waals surface area contributed by atoms with Crippen LogP contribution in [0.25, 0.3) is 0 Å². The zero-order valence-electron chi connectivity index (χ0n) is 9.24. The lowest BCUT2D eigenvalue weighted by atomic mass is 10.1. The maximum Gasteiger partial charge on any atom is 0.123 e. The molecular weight excluding hydrogens is 212 g/mol. The van der Waals surface area contributed by atoms with E-state index in [-0.39, 0.29) is 5.60 Å². The van der Waals surface area contributed by atoms with Gasteiger partial charge in [0.2, 0.25) is 0 Å². The molecule has 0 radical (unpaired) electrons. The fourth-order valence-corrected chi connectivity index (χ4v) is 2.29. The first-order chi connectivity index (χ1) is 7.11. The van der Waals surface area contributed by atoms with Crippen molar-refractivity contribution >= 4 is 11.6 Å². The van der Waals surface area contributed by atoms with Crippen molar-refractivity contribution < 1.29 is 4.74 Å². The number of hydrogen-bond donors (Lipinski definition) is 0. The van der Waals surface area contributed by atoms with Gasteiger partial charge in [0.25, 0.3) is 0 Å². The number of imidazole rings is 1. The lowest BCUT2D eigenvalue weighted by Crippen LogP contribution is -2.23. The van der Waals surface area contributed by atoms with Crippen molar-refractivity contribution in [1.29, 1.82) is 0 Å². The van der Waals surface area contributed by atoms with Crippen LogP contribution < -0.4 is 0 Å². The highest BCUT2D eigenvalue weighted by Gasteiger charge is 2.31. The molecule has 0 amide bonds. The van der Waals surface area contributed by atoms with Gasteiger partial charge in [-0.05, 0) is 26.7 Å².